The van der Waals surface area contributed by atoms with Gasteiger partial charge in [-0.2, -0.15) is 4.72 Å². The molecular weight excluding hydrogens is 338 g/mol. The molecule has 0 aromatic heterocycles. The van der Waals surface area contributed by atoms with Crippen LogP contribution in [0.25, 0.3) is 0 Å². The molecule has 0 saturated carbocycles. The van der Waals surface area contributed by atoms with Crippen LogP contribution in [-0.4, -0.2) is 34.6 Å². The van der Waals surface area contributed by atoms with Gasteiger partial charge in [-0.15, -0.1) is 0 Å². The lowest BCUT2D eigenvalue weighted by atomic mass is 10.3. The Labute approximate surface area is 120 Å². The third kappa shape index (κ3) is 4.48. The molecule has 1 aromatic carbocycles. The van der Waals surface area contributed by atoms with E-state index in [0.717, 1.165) is 0 Å². The van der Waals surface area contributed by atoms with Gasteiger partial charge in [0.25, 0.3) is 0 Å². The highest BCUT2D eigenvalue weighted by Crippen LogP contribution is 2.27. The molecule has 0 fully saturated rings. The lowest BCUT2D eigenvalue weighted by Gasteiger charge is -2.11. The number of hydrogen-bond acceptors (Lipinski definition) is 5. The van der Waals surface area contributed by atoms with E-state index in [1.165, 1.54) is 13.2 Å². The maximum atomic E-state index is 12.1. The molecule has 0 unspecified atom stereocenters. The zero-order chi connectivity index (χ0) is 14.5. The van der Waals surface area contributed by atoms with Crippen molar-refractivity contribution in [2.75, 3.05) is 20.3 Å². The smallest absolute Gasteiger partial charge is 0.320 e. The predicted octanol–water partition coefficient (Wildman–Crippen LogP) is 1.30. The number of halogens is 1. The molecule has 0 atom stereocenters. The molecule has 6 nitrogen and oxygen atoms in total. The first-order valence-electron chi connectivity index (χ1n) is 5.39. The first-order valence-corrected chi connectivity index (χ1v) is 7.67. The van der Waals surface area contributed by atoms with Gasteiger partial charge < -0.3 is 9.47 Å². The Kier molecular flexibility index (Phi) is 5.77. The highest BCUT2D eigenvalue weighted by molar-refractivity contribution is 9.10. The second-order valence-corrected chi connectivity index (χ2v) is 6.08. The van der Waals surface area contributed by atoms with Crippen LogP contribution in [-0.2, 0) is 19.6 Å². The minimum Gasteiger partial charge on any atom is -0.492 e. The highest BCUT2D eigenvalue weighted by atomic mass is 79.9. The van der Waals surface area contributed by atoms with E-state index in [-0.39, 0.29) is 10.6 Å². The van der Waals surface area contributed by atoms with Crippen molar-refractivity contribution < 1.29 is 22.7 Å². The van der Waals surface area contributed by atoms with Gasteiger partial charge in [-0.25, -0.2) is 8.42 Å². The summed E-state index contributed by atoms with van der Waals surface area (Å²) in [5.74, 6) is -0.445. The molecule has 0 bridgehead atoms. The molecular formula is C11H14BrNO5S. The number of hydrogen-bond donors (Lipinski definition) is 1. The number of esters is 1. The van der Waals surface area contributed by atoms with Gasteiger partial charge in [-0.3, -0.25) is 4.79 Å². The van der Waals surface area contributed by atoms with Crippen molar-refractivity contribution in [1.29, 1.82) is 0 Å². The number of nitrogens with one attached hydrogen (secondary N) is 1. The molecule has 0 radical (unpaired) electrons. The number of benzene rings is 1. The van der Waals surface area contributed by atoms with Crippen LogP contribution in [0.2, 0.25) is 0 Å². The van der Waals surface area contributed by atoms with Crippen LogP contribution in [0.15, 0.2) is 27.6 Å². The van der Waals surface area contributed by atoms with Crippen molar-refractivity contribution in [3.63, 3.8) is 0 Å². The summed E-state index contributed by atoms with van der Waals surface area (Å²) < 4.78 is 36.5. The van der Waals surface area contributed by atoms with Crippen LogP contribution < -0.4 is 9.46 Å². The van der Waals surface area contributed by atoms with Gasteiger partial charge in [0.2, 0.25) is 10.0 Å². The number of sulfonamides is 1. The molecule has 0 aliphatic rings. The number of rotatable bonds is 6. The second-order valence-electron chi connectivity index (χ2n) is 3.42. The fourth-order valence-electron chi connectivity index (χ4n) is 1.27. The van der Waals surface area contributed by atoms with E-state index < -0.39 is 22.5 Å². The Morgan fingerprint density at radius 2 is 2.11 bits per heavy atom. The third-order valence-corrected chi connectivity index (χ3v) is 4.05. The van der Waals surface area contributed by atoms with E-state index in [9.17, 15) is 13.2 Å². The Hall–Kier alpha value is -1.12. The SMILES string of the molecule is CCOc1ccc(Br)cc1S(=O)(=O)NCC(=O)OC. The van der Waals surface area contributed by atoms with Gasteiger partial charge in [0.1, 0.15) is 17.2 Å². The minimum absolute atomic E-state index is 0.0346. The molecule has 1 N–H and O–H groups in total. The van der Waals surface area contributed by atoms with E-state index in [2.05, 4.69) is 25.4 Å². The van der Waals surface area contributed by atoms with Gasteiger partial charge >= 0.3 is 5.97 Å². The van der Waals surface area contributed by atoms with Crippen LogP contribution in [0.3, 0.4) is 0 Å². The van der Waals surface area contributed by atoms with Crippen LogP contribution in [0.4, 0.5) is 0 Å². The van der Waals surface area contributed by atoms with Crippen molar-refractivity contribution in [2.24, 2.45) is 0 Å². The van der Waals surface area contributed by atoms with Crippen LogP contribution in [0, 0.1) is 0 Å². The maximum absolute atomic E-state index is 12.1. The topological polar surface area (TPSA) is 81.7 Å². The van der Waals surface area contributed by atoms with E-state index in [4.69, 9.17) is 4.74 Å². The van der Waals surface area contributed by atoms with Crippen LogP contribution in [0.5, 0.6) is 5.75 Å². The molecule has 0 spiro atoms. The summed E-state index contributed by atoms with van der Waals surface area (Å²) >= 11 is 3.19. The van der Waals surface area contributed by atoms with Crippen LogP contribution in [0.1, 0.15) is 6.92 Å². The monoisotopic (exact) mass is 351 g/mol. The van der Waals surface area contributed by atoms with Crippen LogP contribution >= 0.6 is 15.9 Å². The van der Waals surface area contributed by atoms with E-state index in [1.807, 2.05) is 0 Å². The molecule has 0 heterocycles. The van der Waals surface area contributed by atoms with Crippen molar-refractivity contribution in [2.45, 2.75) is 11.8 Å². The Morgan fingerprint density at radius 3 is 2.68 bits per heavy atom. The first kappa shape index (κ1) is 15.9. The van der Waals surface area contributed by atoms with E-state index >= 15 is 0 Å². The van der Waals surface area contributed by atoms with Crippen molar-refractivity contribution >= 4 is 31.9 Å². The van der Waals surface area contributed by atoms with Crippen molar-refractivity contribution in [1.82, 2.24) is 4.72 Å². The largest absolute Gasteiger partial charge is 0.492 e. The minimum atomic E-state index is -3.85. The van der Waals surface area contributed by atoms with Gasteiger partial charge in [0, 0.05) is 4.47 Å². The zero-order valence-corrected chi connectivity index (χ0v) is 12.9. The number of methoxy groups -OCH3 is 1. The summed E-state index contributed by atoms with van der Waals surface area (Å²) in [6, 6.07) is 4.62. The van der Waals surface area contributed by atoms with Gasteiger partial charge in [-0.1, -0.05) is 15.9 Å². The highest BCUT2D eigenvalue weighted by Gasteiger charge is 2.21. The lowest BCUT2D eigenvalue weighted by Crippen LogP contribution is -2.30. The first-order chi connectivity index (χ1) is 8.90. The maximum Gasteiger partial charge on any atom is 0.320 e. The average molecular weight is 352 g/mol. The molecule has 19 heavy (non-hydrogen) atoms. The Balaban J connectivity index is 3.05. The summed E-state index contributed by atoms with van der Waals surface area (Å²) in [5, 5.41) is 0. The normalized spacial score (nSPS) is 11.1. The van der Waals surface area contributed by atoms with Crippen molar-refractivity contribution in [3.05, 3.63) is 22.7 Å². The second kappa shape index (κ2) is 6.88. The molecule has 1 aromatic rings. The number of carbonyl (C=O) groups excluding carboxylic acids is 1. The average Bonchev–Trinajstić information content (AvgIpc) is 2.38. The summed E-state index contributed by atoms with van der Waals surface area (Å²) in [5.41, 5.74) is 0. The summed E-state index contributed by atoms with van der Waals surface area (Å²) in [4.78, 5) is 10.9. The van der Waals surface area contributed by atoms with Gasteiger partial charge in [-0.05, 0) is 25.1 Å². The van der Waals surface area contributed by atoms with Gasteiger partial charge in [0.15, 0.2) is 0 Å². The molecule has 8 heteroatoms. The quantitative estimate of drug-likeness (QED) is 0.781. The summed E-state index contributed by atoms with van der Waals surface area (Å²) in [6.45, 7) is 1.65. The Bertz CT molecular complexity index is 558. The fourth-order valence-corrected chi connectivity index (χ4v) is 2.92. The standard InChI is InChI=1S/C11H14BrNO5S/c1-3-18-9-5-4-8(12)6-10(9)19(15,16)13-7-11(14)17-2/h4-6,13H,3,7H2,1-2H3. The van der Waals surface area contributed by atoms with E-state index in [0.29, 0.717) is 11.1 Å². The predicted molar refractivity (Wildman–Crippen MR) is 72.5 cm³/mol. The molecule has 0 aliphatic carbocycles. The third-order valence-electron chi connectivity index (χ3n) is 2.13. The van der Waals surface area contributed by atoms with E-state index in [1.54, 1.807) is 19.1 Å². The van der Waals surface area contributed by atoms with Gasteiger partial charge in [0.05, 0.1) is 13.7 Å². The molecule has 0 saturated heterocycles. The Morgan fingerprint density at radius 1 is 1.42 bits per heavy atom. The fraction of sp³-hybridized carbons (Fsp3) is 0.364. The molecule has 106 valence electrons. The summed E-state index contributed by atoms with van der Waals surface area (Å²) in [6.07, 6.45) is 0. The number of ether oxygens (including phenoxy) is 2. The molecule has 0 amide bonds. The zero-order valence-electron chi connectivity index (χ0n) is 10.5. The lowest BCUT2D eigenvalue weighted by molar-refractivity contribution is -0.139. The van der Waals surface area contributed by atoms with Crippen molar-refractivity contribution in [3.8, 4) is 5.75 Å². The number of carbonyl (C=O) groups is 1. The molecule has 0 aliphatic heterocycles. The molecule has 1 rings (SSSR count). The summed E-state index contributed by atoms with van der Waals surface area (Å²) in [7, 11) is -2.66.